The van der Waals surface area contributed by atoms with Crippen LogP contribution in [0.1, 0.15) is 37.4 Å². The van der Waals surface area contributed by atoms with E-state index in [1.165, 1.54) is 17.4 Å². The predicted octanol–water partition coefficient (Wildman–Crippen LogP) is 5.72. The predicted molar refractivity (Wildman–Crippen MR) is 141 cm³/mol. The first-order chi connectivity index (χ1) is 16.8. The van der Waals surface area contributed by atoms with Gasteiger partial charge in [0.05, 0.1) is 11.2 Å². The minimum atomic E-state index is 0.403. The fourth-order valence-electron chi connectivity index (χ4n) is 5.08. The van der Waals surface area contributed by atoms with Crippen LogP contribution in [-0.4, -0.2) is 41.1 Å². The number of nitrogens with zero attached hydrogens (tertiary/aromatic N) is 5. The molecule has 174 valence electrons. The lowest BCUT2D eigenvalue weighted by Gasteiger charge is -2.40. The molecule has 0 saturated carbocycles. The Kier molecular flexibility index (Phi) is 6.70. The summed E-state index contributed by atoms with van der Waals surface area (Å²) in [6.07, 6.45) is 6.03. The summed E-state index contributed by atoms with van der Waals surface area (Å²) in [5.74, 6) is 3.21. The van der Waals surface area contributed by atoms with Gasteiger partial charge >= 0.3 is 0 Å². The number of aromatic nitrogens is 3. The van der Waals surface area contributed by atoms with E-state index in [0.717, 1.165) is 55.4 Å². The summed E-state index contributed by atoms with van der Waals surface area (Å²) in [5, 5.41) is 1.18. The molecule has 0 amide bonds. The number of anilines is 2. The Morgan fingerprint density at radius 1 is 0.794 bits per heavy atom. The number of hydrogen-bond donors (Lipinski definition) is 0. The monoisotopic (exact) mass is 451 g/mol. The van der Waals surface area contributed by atoms with Gasteiger partial charge in [0.2, 0.25) is 0 Å². The van der Waals surface area contributed by atoms with Gasteiger partial charge in [-0.1, -0.05) is 62.4 Å². The molecule has 0 spiro atoms. The molecule has 6 rings (SSSR count). The minimum Gasteiger partial charge on any atom is -0.355 e. The number of pyridine rings is 1. The first kappa shape index (κ1) is 22.3. The lowest BCUT2D eigenvalue weighted by molar-refractivity contribution is 0.507. The highest BCUT2D eigenvalue weighted by Gasteiger charge is 2.35. The standard InChI is InChI=1S/C27H27N5.C2H6/c1-2-6-20(7-3-1)16-21-12-15-31(17-21)27-26(28-13-14-29-27)23-18-32(19-23)25-11-10-22-8-4-5-9-24(22)30-25;1-2/h1-11,13-14,21,23H,12,15-19H2;1-2H3. The molecule has 2 aromatic heterocycles. The minimum absolute atomic E-state index is 0.403. The van der Waals surface area contributed by atoms with Gasteiger partial charge in [-0.2, -0.15) is 0 Å². The second-order valence-corrected chi connectivity index (χ2v) is 9.02. The first-order valence-electron chi connectivity index (χ1n) is 12.5. The number of rotatable bonds is 5. The van der Waals surface area contributed by atoms with Crippen molar-refractivity contribution in [2.24, 2.45) is 5.92 Å². The van der Waals surface area contributed by atoms with Crippen LogP contribution in [0.3, 0.4) is 0 Å². The molecule has 0 aliphatic carbocycles. The summed E-state index contributed by atoms with van der Waals surface area (Å²) in [5.41, 5.74) is 3.62. The van der Waals surface area contributed by atoms with Crippen LogP contribution < -0.4 is 9.80 Å². The molecular weight excluding hydrogens is 418 g/mol. The smallest absolute Gasteiger partial charge is 0.150 e. The zero-order valence-corrected chi connectivity index (χ0v) is 20.1. The Hall–Kier alpha value is -3.47. The van der Waals surface area contributed by atoms with Gasteiger partial charge in [0.25, 0.3) is 0 Å². The van der Waals surface area contributed by atoms with Crippen molar-refractivity contribution in [1.82, 2.24) is 15.0 Å². The Morgan fingerprint density at radius 2 is 1.56 bits per heavy atom. The van der Waals surface area contributed by atoms with Gasteiger partial charge in [-0.25, -0.2) is 9.97 Å². The molecule has 1 unspecified atom stereocenters. The summed E-state index contributed by atoms with van der Waals surface area (Å²) in [6, 6.07) is 23.4. The van der Waals surface area contributed by atoms with E-state index in [0.29, 0.717) is 11.8 Å². The molecule has 0 radical (unpaired) electrons. The van der Waals surface area contributed by atoms with Crippen molar-refractivity contribution in [3.63, 3.8) is 0 Å². The number of hydrogen-bond acceptors (Lipinski definition) is 5. The van der Waals surface area contributed by atoms with Crippen LogP contribution >= 0.6 is 0 Å². The molecule has 0 bridgehead atoms. The normalized spacial score (nSPS) is 17.9. The van der Waals surface area contributed by atoms with Gasteiger partial charge in [-0.3, -0.25) is 4.98 Å². The van der Waals surface area contributed by atoms with Gasteiger partial charge in [-0.05, 0) is 42.5 Å². The molecule has 2 aromatic carbocycles. The Morgan fingerprint density at radius 3 is 2.41 bits per heavy atom. The molecule has 4 aromatic rings. The largest absolute Gasteiger partial charge is 0.355 e. The van der Waals surface area contributed by atoms with Crippen LogP contribution in [0.25, 0.3) is 10.9 Å². The van der Waals surface area contributed by atoms with Gasteiger partial charge < -0.3 is 9.80 Å². The van der Waals surface area contributed by atoms with Gasteiger partial charge in [0.1, 0.15) is 5.82 Å². The number of benzene rings is 2. The Labute approximate surface area is 202 Å². The quantitative estimate of drug-likeness (QED) is 0.388. The van der Waals surface area contributed by atoms with E-state index in [-0.39, 0.29) is 0 Å². The summed E-state index contributed by atoms with van der Waals surface area (Å²) >= 11 is 0. The molecule has 1 atom stereocenters. The third-order valence-corrected chi connectivity index (χ3v) is 6.83. The van der Waals surface area contributed by atoms with Gasteiger partial charge in [0, 0.05) is 49.9 Å². The summed E-state index contributed by atoms with van der Waals surface area (Å²) < 4.78 is 0. The zero-order chi connectivity index (χ0) is 23.3. The molecule has 4 heterocycles. The Bertz CT molecular complexity index is 1220. The second-order valence-electron chi connectivity index (χ2n) is 9.02. The van der Waals surface area contributed by atoms with Crippen LogP contribution in [0, 0.1) is 5.92 Å². The van der Waals surface area contributed by atoms with Gasteiger partial charge in [0.15, 0.2) is 5.82 Å². The van der Waals surface area contributed by atoms with Crippen molar-refractivity contribution < 1.29 is 0 Å². The molecule has 2 aliphatic rings. The topological polar surface area (TPSA) is 45.2 Å². The molecule has 5 nitrogen and oxygen atoms in total. The lowest BCUT2D eigenvalue weighted by Crippen LogP contribution is -2.46. The third-order valence-electron chi connectivity index (χ3n) is 6.83. The van der Waals surface area contributed by atoms with Crippen molar-refractivity contribution in [2.45, 2.75) is 32.6 Å². The van der Waals surface area contributed by atoms with Crippen LogP contribution in [0.4, 0.5) is 11.6 Å². The molecule has 5 heteroatoms. The second kappa shape index (κ2) is 10.2. The molecule has 0 N–H and O–H groups in total. The SMILES string of the molecule is CC.c1ccc(CC2CCN(c3nccnc3C3CN(c4ccc5ccccc5n4)C3)C2)cc1. The molecule has 2 saturated heterocycles. The van der Waals surface area contributed by atoms with Crippen molar-refractivity contribution in [2.75, 3.05) is 36.0 Å². The van der Waals surface area contributed by atoms with Crippen LogP contribution in [-0.2, 0) is 6.42 Å². The van der Waals surface area contributed by atoms with Gasteiger partial charge in [-0.15, -0.1) is 0 Å². The fraction of sp³-hybridized carbons (Fsp3) is 0.345. The van der Waals surface area contributed by atoms with Crippen molar-refractivity contribution in [1.29, 1.82) is 0 Å². The van der Waals surface area contributed by atoms with Crippen molar-refractivity contribution in [3.8, 4) is 0 Å². The van der Waals surface area contributed by atoms with Crippen LogP contribution in [0.15, 0.2) is 79.1 Å². The average Bonchev–Trinajstić information content (AvgIpc) is 3.33. The molecule has 34 heavy (non-hydrogen) atoms. The first-order valence-corrected chi connectivity index (χ1v) is 12.5. The van der Waals surface area contributed by atoms with Crippen LogP contribution in [0.2, 0.25) is 0 Å². The number of para-hydroxylation sites is 1. The van der Waals surface area contributed by atoms with E-state index in [2.05, 4.69) is 70.5 Å². The maximum absolute atomic E-state index is 4.85. The summed E-state index contributed by atoms with van der Waals surface area (Å²) in [4.78, 5) is 19.2. The van der Waals surface area contributed by atoms with E-state index in [9.17, 15) is 0 Å². The average molecular weight is 452 g/mol. The zero-order valence-electron chi connectivity index (χ0n) is 20.1. The lowest BCUT2D eigenvalue weighted by atomic mass is 9.95. The van der Waals surface area contributed by atoms with E-state index in [4.69, 9.17) is 15.0 Å². The molecular formula is C29H33N5. The highest BCUT2D eigenvalue weighted by atomic mass is 15.3. The molecule has 2 fully saturated rings. The van der Waals surface area contributed by atoms with Crippen LogP contribution in [0.5, 0.6) is 0 Å². The Balaban J connectivity index is 0.00000117. The van der Waals surface area contributed by atoms with E-state index < -0.39 is 0 Å². The fourth-order valence-corrected chi connectivity index (χ4v) is 5.08. The van der Waals surface area contributed by atoms with E-state index >= 15 is 0 Å². The molecule has 2 aliphatic heterocycles. The van der Waals surface area contributed by atoms with Crippen molar-refractivity contribution in [3.05, 3.63) is 90.4 Å². The van der Waals surface area contributed by atoms with Crippen molar-refractivity contribution >= 4 is 22.5 Å². The van der Waals surface area contributed by atoms with E-state index in [1.54, 1.807) is 0 Å². The van der Waals surface area contributed by atoms with E-state index in [1.807, 2.05) is 32.3 Å². The summed E-state index contributed by atoms with van der Waals surface area (Å²) in [6.45, 7) is 8.01. The highest BCUT2D eigenvalue weighted by molar-refractivity contribution is 5.80. The number of fused-ring (bicyclic) bond motifs is 1. The third kappa shape index (κ3) is 4.60. The summed E-state index contributed by atoms with van der Waals surface area (Å²) in [7, 11) is 0. The maximum Gasteiger partial charge on any atom is 0.150 e. The highest BCUT2D eigenvalue weighted by Crippen LogP contribution is 2.36. The maximum atomic E-state index is 4.85.